The number of hydrogen-bond donors (Lipinski definition) is 0. The number of benzene rings is 1. The monoisotopic (exact) mass is 206 g/mol. The van der Waals surface area contributed by atoms with Gasteiger partial charge in [-0.3, -0.25) is 9.36 Å². The minimum Gasteiger partial charge on any atom is -0.299 e. The zero-order valence-corrected chi connectivity index (χ0v) is 8.84. The fourth-order valence-corrected chi connectivity index (χ4v) is 1.60. The number of rotatable bonds is 0. The summed E-state index contributed by atoms with van der Waals surface area (Å²) in [6, 6.07) is 2.93. The number of aryl methyl sites for hydroxylation is 2. The van der Waals surface area contributed by atoms with Gasteiger partial charge in [-0.15, -0.1) is 0 Å². The van der Waals surface area contributed by atoms with Gasteiger partial charge in [0, 0.05) is 7.05 Å². The molecular formula is C11H11FN2O. The van der Waals surface area contributed by atoms with Crippen molar-refractivity contribution in [2.45, 2.75) is 13.8 Å². The zero-order chi connectivity index (χ0) is 11.2. The molecule has 3 nitrogen and oxygen atoms in total. The molecule has 0 saturated heterocycles. The van der Waals surface area contributed by atoms with Gasteiger partial charge in [0.1, 0.15) is 17.2 Å². The molecule has 1 aromatic heterocycles. The van der Waals surface area contributed by atoms with Gasteiger partial charge in [-0.05, 0) is 25.5 Å². The Morgan fingerprint density at radius 1 is 1.33 bits per heavy atom. The van der Waals surface area contributed by atoms with Crippen LogP contribution < -0.4 is 5.56 Å². The normalized spacial score (nSPS) is 10.9. The first kappa shape index (κ1) is 9.83. The minimum absolute atomic E-state index is 0.163. The Kier molecular flexibility index (Phi) is 2.07. The third kappa shape index (κ3) is 1.33. The Labute approximate surface area is 86.2 Å². The van der Waals surface area contributed by atoms with Crippen molar-refractivity contribution in [2.24, 2.45) is 7.05 Å². The first-order valence-corrected chi connectivity index (χ1v) is 4.65. The van der Waals surface area contributed by atoms with E-state index < -0.39 is 5.82 Å². The van der Waals surface area contributed by atoms with Crippen LogP contribution in [0.15, 0.2) is 16.9 Å². The first-order chi connectivity index (χ1) is 7.02. The van der Waals surface area contributed by atoms with Crippen LogP contribution in [-0.2, 0) is 7.05 Å². The molecule has 0 aliphatic rings. The van der Waals surface area contributed by atoms with E-state index in [2.05, 4.69) is 4.98 Å². The molecule has 0 amide bonds. The predicted octanol–water partition coefficient (Wildman–Crippen LogP) is 1.69. The molecule has 0 radical (unpaired) electrons. The fraction of sp³-hybridized carbons (Fsp3) is 0.273. The van der Waals surface area contributed by atoms with Crippen molar-refractivity contribution >= 4 is 10.9 Å². The SMILES string of the molecule is Cc1ccc(F)c2nc(C)n(C)c(=O)c12. The summed E-state index contributed by atoms with van der Waals surface area (Å²) in [5.74, 6) is 0.0633. The van der Waals surface area contributed by atoms with Crippen molar-refractivity contribution in [1.82, 2.24) is 9.55 Å². The molecule has 0 aliphatic carbocycles. The van der Waals surface area contributed by atoms with Crippen LogP contribution in [0.5, 0.6) is 0 Å². The summed E-state index contributed by atoms with van der Waals surface area (Å²) in [7, 11) is 1.63. The van der Waals surface area contributed by atoms with E-state index in [0.29, 0.717) is 11.2 Å². The first-order valence-electron chi connectivity index (χ1n) is 4.65. The van der Waals surface area contributed by atoms with E-state index in [1.54, 1.807) is 27.0 Å². The van der Waals surface area contributed by atoms with Crippen molar-refractivity contribution < 1.29 is 4.39 Å². The summed E-state index contributed by atoms with van der Waals surface area (Å²) >= 11 is 0. The average Bonchev–Trinajstić information content (AvgIpc) is 2.20. The topological polar surface area (TPSA) is 34.9 Å². The predicted molar refractivity (Wildman–Crippen MR) is 56.4 cm³/mol. The van der Waals surface area contributed by atoms with Gasteiger partial charge in [0.05, 0.1) is 5.39 Å². The van der Waals surface area contributed by atoms with Crippen LogP contribution in [0.1, 0.15) is 11.4 Å². The number of fused-ring (bicyclic) bond motifs is 1. The van der Waals surface area contributed by atoms with Gasteiger partial charge in [0.15, 0.2) is 0 Å². The summed E-state index contributed by atoms with van der Waals surface area (Å²) in [5, 5.41) is 0.364. The smallest absolute Gasteiger partial charge is 0.261 e. The molecule has 78 valence electrons. The summed E-state index contributed by atoms with van der Waals surface area (Å²) < 4.78 is 14.9. The molecule has 0 N–H and O–H groups in total. The highest BCUT2D eigenvalue weighted by Gasteiger charge is 2.11. The van der Waals surface area contributed by atoms with E-state index in [1.165, 1.54) is 10.6 Å². The molecule has 0 atom stereocenters. The van der Waals surface area contributed by atoms with Crippen LogP contribution >= 0.6 is 0 Å². The maximum Gasteiger partial charge on any atom is 0.261 e. The van der Waals surface area contributed by atoms with Gasteiger partial charge in [-0.2, -0.15) is 0 Å². The molecule has 2 aromatic rings. The van der Waals surface area contributed by atoms with Crippen LogP contribution in [0.3, 0.4) is 0 Å². The molecule has 0 bridgehead atoms. The summed E-state index contributed by atoms with van der Waals surface area (Å²) in [6.45, 7) is 3.46. The molecule has 0 aliphatic heterocycles. The second kappa shape index (κ2) is 3.15. The zero-order valence-electron chi connectivity index (χ0n) is 8.84. The van der Waals surface area contributed by atoms with Crippen molar-refractivity contribution in [3.05, 3.63) is 39.7 Å². The minimum atomic E-state index is -0.448. The summed E-state index contributed by atoms with van der Waals surface area (Å²) in [5.41, 5.74) is 0.713. The highest BCUT2D eigenvalue weighted by molar-refractivity contribution is 5.81. The maximum absolute atomic E-state index is 13.4. The highest BCUT2D eigenvalue weighted by atomic mass is 19.1. The summed E-state index contributed by atoms with van der Waals surface area (Å²) in [4.78, 5) is 16.0. The van der Waals surface area contributed by atoms with Gasteiger partial charge >= 0.3 is 0 Å². The van der Waals surface area contributed by atoms with Crippen molar-refractivity contribution in [3.63, 3.8) is 0 Å². The van der Waals surface area contributed by atoms with E-state index in [4.69, 9.17) is 0 Å². The maximum atomic E-state index is 13.4. The van der Waals surface area contributed by atoms with Crippen molar-refractivity contribution in [1.29, 1.82) is 0 Å². The molecule has 4 heteroatoms. The van der Waals surface area contributed by atoms with Crippen molar-refractivity contribution in [2.75, 3.05) is 0 Å². The lowest BCUT2D eigenvalue weighted by Gasteiger charge is -2.07. The molecule has 1 aromatic carbocycles. The lowest BCUT2D eigenvalue weighted by Crippen LogP contribution is -2.21. The van der Waals surface area contributed by atoms with Crippen LogP contribution in [0.25, 0.3) is 10.9 Å². The molecule has 15 heavy (non-hydrogen) atoms. The Morgan fingerprint density at radius 2 is 2.00 bits per heavy atom. The van der Waals surface area contributed by atoms with Crippen LogP contribution in [0.4, 0.5) is 4.39 Å². The van der Waals surface area contributed by atoms with Gasteiger partial charge in [-0.25, -0.2) is 9.37 Å². The van der Waals surface area contributed by atoms with E-state index in [-0.39, 0.29) is 11.1 Å². The summed E-state index contributed by atoms with van der Waals surface area (Å²) in [6.07, 6.45) is 0. The third-order valence-corrected chi connectivity index (χ3v) is 2.61. The lowest BCUT2D eigenvalue weighted by molar-refractivity contribution is 0.633. The molecule has 0 unspecified atom stereocenters. The number of aromatic nitrogens is 2. The van der Waals surface area contributed by atoms with E-state index in [1.807, 2.05) is 0 Å². The highest BCUT2D eigenvalue weighted by Crippen LogP contribution is 2.16. The number of nitrogens with zero attached hydrogens (tertiary/aromatic N) is 2. The second-order valence-corrected chi connectivity index (χ2v) is 3.61. The molecule has 0 saturated carbocycles. The number of halogens is 1. The Balaban J connectivity index is 3.12. The lowest BCUT2D eigenvalue weighted by atomic mass is 10.1. The molecular weight excluding hydrogens is 195 g/mol. The quantitative estimate of drug-likeness (QED) is 0.657. The molecule has 2 rings (SSSR count). The van der Waals surface area contributed by atoms with E-state index in [9.17, 15) is 9.18 Å². The molecule has 0 fully saturated rings. The largest absolute Gasteiger partial charge is 0.299 e. The van der Waals surface area contributed by atoms with Gasteiger partial charge < -0.3 is 0 Å². The van der Waals surface area contributed by atoms with Crippen LogP contribution in [0, 0.1) is 19.7 Å². The van der Waals surface area contributed by atoms with Crippen LogP contribution in [0.2, 0.25) is 0 Å². The molecule has 0 spiro atoms. The third-order valence-electron chi connectivity index (χ3n) is 2.61. The van der Waals surface area contributed by atoms with Gasteiger partial charge in [0.2, 0.25) is 0 Å². The standard InChI is InChI=1S/C11H11FN2O/c1-6-4-5-8(12)10-9(6)11(15)14(3)7(2)13-10/h4-5H,1-3H3. The van der Waals surface area contributed by atoms with Crippen LogP contribution in [-0.4, -0.2) is 9.55 Å². The Bertz CT molecular complexity index is 602. The molecule has 1 heterocycles. The van der Waals surface area contributed by atoms with E-state index in [0.717, 1.165) is 5.56 Å². The number of hydrogen-bond acceptors (Lipinski definition) is 2. The Morgan fingerprint density at radius 3 is 2.67 bits per heavy atom. The van der Waals surface area contributed by atoms with E-state index >= 15 is 0 Å². The van der Waals surface area contributed by atoms with Gasteiger partial charge in [0.25, 0.3) is 5.56 Å². The van der Waals surface area contributed by atoms with Crippen molar-refractivity contribution in [3.8, 4) is 0 Å². The Hall–Kier alpha value is -1.71. The fourth-order valence-electron chi connectivity index (χ4n) is 1.60. The average molecular weight is 206 g/mol. The second-order valence-electron chi connectivity index (χ2n) is 3.61. The van der Waals surface area contributed by atoms with Gasteiger partial charge in [-0.1, -0.05) is 6.07 Å².